The Kier molecular flexibility index (Phi) is 2.30. The molecule has 2 heteroatoms. The van der Waals surface area contributed by atoms with Crippen LogP contribution < -0.4 is 5.32 Å². The summed E-state index contributed by atoms with van der Waals surface area (Å²) in [5, 5.41) is 4.52. The molecule has 2 N–H and O–H groups in total. The van der Waals surface area contributed by atoms with Gasteiger partial charge in [-0.3, -0.25) is 0 Å². The van der Waals surface area contributed by atoms with Crippen molar-refractivity contribution in [1.29, 1.82) is 0 Å². The summed E-state index contributed by atoms with van der Waals surface area (Å²) in [6.07, 6.45) is 0. The number of aryl methyl sites for hydroxylation is 1. The number of nitrogens with one attached hydrogen (secondary N) is 2. The molecule has 1 aromatic carbocycles. The molecule has 2 aromatic rings. The smallest absolute Gasteiger partial charge is 0.0456 e. The maximum atomic E-state index is 3.41. The first-order valence-corrected chi connectivity index (χ1v) is 4.97. The van der Waals surface area contributed by atoms with Crippen molar-refractivity contribution in [2.24, 2.45) is 0 Å². The minimum Gasteiger partial charge on any atom is -0.357 e. The van der Waals surface area contributed by atoms with Crippen LogP contribution in [0.15, 0.2) is 24.3 Å². The van der Waals surface area contributed by atoms with Crippen molar-refractivity contribution in [1.82, 2.24) is 10.3 Å². The molecular formula is C12H16N2. The molecule has 0 aliphatic heterocycles. The maximum absolute atomic E-state index is 3.41. The predicted molar refractivity (Wildman–Crippen MR) is 60.5 cm³/mol. The van der Waals surface area contributed by atoms with Crippen molar-refractivity contribution >= 4 is 10.9 Å². The lowest BCUT2D eigenvalue weighted by Gasteiger charge is -2.05. The zero-order valence-corrected chi connectivity index (χ0v) is 8.89. The minimum atomic E-state index is 0.378. The Morgan fingerprint density at radius 3 is 2.79 bits per heavy atom. The van der Waals surface area contributed by atoms with Crippen molar-refractivity contribution in [3.05, 3.63) is 35.5 Å². The van der Waals surface area contributed by atoms with Gasteiger partial charge in [-0.25, -0.2) is 0 Å². The fourth-order valence-corrected chi connectivity index (χ4v) is 1.66. The summed E-state index contributed by atoms with van der Waals surface area (Å²) >= 11 is 0. The van der Waals surface area contributed by atoms with Gasteiger partial charge in [-0.05, 0) is 44.5 Å². The third-order valence-electron chi connectivity index (χ3n) is 2.70. The predicted octanol–water partition coefficient (Wildman–Crippen LogP) is 2.76. The van der Waals surface area contributed by atoms with Gasteiger partial charge >= 0.3 is 0 Å². The molecule has 0 aliphatic carbocycles. The summed E-state index contributed by atoms with van der Waals surface area (Å²) in [7, 11) is 1.97. The molecule has 2 nitrogen and oxygen atoms in total. The molecule has 0 saturated heterocycles. The Morgan fingerprint density at radius 1 is 1.29 bits per heavy atom. The van der Waals surface area contributed by atoms with E-state index < -0.39 is 0 Å². The fourth-order valence-electron chi connectivity index (χ4n) is 1.66. The summed E-state index contributed by atoms with van der Waals surface area (Å²) < 4.78 is 0. The van der Waals surface area contributed by atoms with Crippen LogP contribution in [0, 0.1) is 6.92 Å². The molecule has 14 heavy (non-hydrogen) atoms. The number of hydrogen-bond acceptors (Lipinski definition) is 1. The van der Waals surface area contributed by atoms with Crippen LogP contribution in [0.5, 0.6) is 0 Å². The Labute approximate surface area is 84.3 Å². The maximum Gasteiger partial charge on any atom is 0.0456 e. The normalized spacial score (nSPS) is 13.4. The molecule has 0 amide bonds. The first-order chi connectivity index (χ1) is 6.70. The van der Waals surface area contributed by atoms with E-state index in [-0.39, 0.29) is 0 Å². The quantitative estimate of drug-likeness (QED) is 0.745. The Hall–Kier alpha value is -1.28. The number of hydrogen-bond donors (Lipinski definition) is 2. The molecule has 1 atom stereocenters. The monoisotopic (exact) mass is 188 g/mol. The molecule has 74 valence electrons. The number of H-pyrrole nitrogens is 1. The number of aromatic nitrogens is 1. The standard InChI is InChI=1S/C12H16N2/c1-8-4-5-11-10(6-8)7-12(14-11)9(2)13-3/h4-7,9,13-14H,1-3H3/t9-/m1/s1. The minimum absolute atomic E-state index is 0.378. The molecular weight excluding hydrogens is 172 g/mol. The van der Waals surface area contributed by atoms with Gasteiger partial charge in [-0.2, -0.15) is 0 Å². The number of rotatable bonds is 2. The molecule has 1 aromatic heterocycles. The van der Waals surface area contributed by atoms with Gasteiger partial charge in [-0.1, -0.05) is 11.6 Å². The SMILES string of the molecule is CN[C@H](C)c1cc2cc(C)ccc2[nH]1. The van der Waals surface area contributed by atoms with Gasteiger partial charge in [0, 0.05) is 17.3 Å². The van der Waals surface area contributed by atoms with Crippen molar-refractivity contribution in [3.63, 3.8) is 0 Å². The van der Waals surface area contributed by atoms with E-state index in [0.29, 0.717) is 6.04 Å². The number of aromatic amines is 1. The number of benzene rings is 1. The van der Waals surface area contributed by atoms with E-state index in [0.717, 1.165) is 0 Å². The first-order valence-electron chi connectivity index (χ1n) is 4.97. The summed E-state index contributed by atoms with van der Waals surface area (Å²) in [4.78, 5) is 3.41. The molecule has 0 spiro atoms. The van der Waals surface area contributed by atoms with E-state index >= 15 is 0 Å². The van der Waals surface area contributed by atoms with Crippen LogP contribution in [0.2, 0.25) is 0 Å². The van der Waals surface area contributed by atoms with Gasteiger partial charge in [0.25, 0.3) is 0 Å². The summed E-state index contributed by atoms with van der Waals surface area (Å²) in [6.45, 7) is 4.27. The average Bonchev–Trinajstić information content (AvgIpc) is 2.59. The Bertz CT molecular complexity index is 443. The van der Waals surface area contributed by atoms with Gasteiger partial charge in [-0.15, -0.1) is 0 Å². The molecule has 0 radical (unpaired) electrons. The summed E-state index contributed by atoms with van der Waals surface area (Å²) in [5.41, 5.74) is 3.76. The highest BCUT2D eigenvalue weighted by Gasteiger charge is 2.05. The van der Waals surface area contributed by atoms with Gasteiger partial charge in [0.2, 0.25) is 0 Å². The summed E-state index contributed by atoms with van der Waals surface area (Å²) in [6, 6.07) is 9.06. The van der Waals surface area contributed by atoms with Crippen LogP contribution in [0.3, 0.4) is 0 Å². The van der Waals surface area contributed by atoms with Crippen LogP contribution in [-0.4, -0.2) is 12.0 Å². The lowest BCUT2D eigenvalue weighted by Crippen LogP contribution is -2.12. The van der Waals surface area contributed by atoms with Gasteiger partial charge in [0.1, 0.15) is 0 Å². The van der Waals surface area contributed by atoms with Crippen molar-refractivity contribution in [2.45, 2.75) is 19.9 Å². The van der Waals surface area contributed by atoms with E-state index in [9.17, 15) is 0 Å². The third-order valence-corrected chi connectivity index (χ3v) is 2.70. The highest BCUT2D eigenvalue weighted by atomic mass is 14.9. The van der Waals surface area contributed by atoms with Crippen LogP contribution in [-0.2, 0) is 0 Å². The van der Waals surface area contributed by atoms with E-state index in [2.05, 4.69) is 48.4 Å². The van der Waals surface area contributed by atoms with Crippen LogP contribution in [0.4, 0.5) is 0 Å². The van der Waals surface area contributed by atoms with Crippen LogP contribution in [0.1, 0.15) is 24.2 Å². The van der Waals surface area contributed by atoms with Gasteiger partial charge in [0.05, 0.1) is 0 Å². The third kappa shape index (κ3) is 1.53. The summed E-state index contributed by atoms with van der Waals surface area (Å²) in [5.74, 6) is 0. The van der Waals surface area contributed by atoms with Crippen molar-refractivity contribution < 1.29 is 0 Å². The van der Waals surface area contributed by atoms with Gasteiger partial charge < -0.3 is 10.3 Å². The topological polar surface area (TPSA) is 27.8 Å². The van der Waals surface area contributed by atoms with Crippen LogP contribution in [0.25, 0.3) is 10.9 Å². The second-order valence-corrected chi connectivity index (χ2v) is 3.83. The first kappa shape index (κ1) is 9.28. The lowest BCUT2D eigenvalue weighted by molar-refractivity contribution is 0.638. The largest absolute Gasteiger partial charge is 0.357 e. The highest BCUT2D eigenvalue weighted by Crippen LogP contribution is 2.20. The van der Waals surface area contributed by atoms with E-state index in [4.69, 9.17) is 0 Å². The lowest BCUT2D eigenvalue weighted by atomic mass is 10.1. The molecule has 0 aliphatic rings. The van der Waals surface area contributed by atoms with E-state index in [1.165, 1.54) is 22.2 Å². The second-order valence-electron chi connectivity index (χ2n) is 3.83. The molecule has 2 rings (SSSR count). The highest BCUT2D eigenvalue weighted by molar-refractivity contribution is 5.81. The average molecular weight is 188 g/mol. The second kappa shape index (κ2) is 3.46. The molecule has 0 saturated carbocycles. The zero-order valence-electron chi connectivity index (χ0n) is 8.89. The molecule has 0 fully saturated rings. The van der Waals surface area contributed by atoms with Crippen molar-refractivity contribution in [2.75, 3.05) is 7.05 Å². The fraction of sp³-hybridized carbons (Fsp3) is 0.333. The zero-order chi connectivity index (χ0) is 10.1. The van der Waals surface area contributed by atoms with Gasteiger partial charge in [0.15, 0.2) is 0 Å². The number of fused-ring (bicyclic) bond motifs is 1. The molecule has 1 heterocycles. The van der Waals surface area contributed by atoms with Crippen molar-refractivity contribution in [3.8, 4) is 0 Å². The molecule has 0 unspecified atom stereocenters. The van der Waals surface area contributed by atoms with E-state index in [1.807, 2.05) is 7.05 Å². The Balaban J connectivity index is 2.51. The van der Waals surface area contributed by atoms with E-state index in [1.54, 1.807) is 0 Å². The molecule has 0 bridgehead atoms. The Morgan fingerprint density at radius 2 is 2.07 bits per heavy atom. The van der Waals surface area contributed by atoms with Crippen LogP contribution >= 0.6 is 0 Å².